The van der Waals surface area contributed by atoms with Gasteiger partial charge in [-0.05, 0) is 0 Å². The fraction of sp³-hybridized carbons (Fsp3) is 1.00. The molecule has 0 aromatic carbocycles. The van der Waals surface area contributed by atoms with Crippen molar-refractivity contribution in [1.82, 2.24) is 0 Å². The Balaban J connectivity index is 2.02. The van der Waals surface area contributed by atoms with Gasteiger partial charge in [0.15, 0.2) is 0 Å². The van der Waals surface area contributed by atoms with Crippen LogP contribution in [-0.2, 0) is 7.45 Å². The van der Waals surface area contributed by atoms with E-state index in [1.165, 1.54) is 18.1 Å². The Bertz CT molecular complexity index is 81.7. The van der Waals surface area contributed by atoms with E-state index in [1.807, 2.05) is 0 Å². The summed E-state index contributed by atoms with van der Waals surface area (Å²) in [6.07, 6.45) is 3.63. The fourth-order valence-electron chi connectivity index (χ4n) is 0.845. The summed E-state index contributed by atoms with van der Waals surface area (Å²) < 4.78 is 11.0. The first-order chi connectivity index (χ1) is 4.93. The SMILES string of the molecule is CCCC[As]1OCCCO1. The maximum atomic E-state index is 5.50. The molecule has 3 heteroatoms. The maximum absolute atomic E-state index is 5.50. The van der Waals surface area contributed by atoms with E-state index in [4.69, 9.17) is 7.45 Å². The minimum atomic E-state index is -1.21. The molecule has 1 fully saturated rings. The van der Waals surface area contributed by atoms with Crippen LogP contribution in [0.25, 0.3) is 0 Å². The van der Waals surface area contributed by atoms with Crippen LogP contribution in [0.1, 0.15) is 26.2 Å². The van der Waals surface area contributed by atoms with Crippen molar-refractivity contribution >= 4 is 15.3 Å². The topological polar surface area (TPSA) is 18.5 Å². The predicted octanol–water partition coefficient (Wildman–Crippen LogP) is 1.71. The molecule has 1 aliphatic rings. The summed E-state index contributed by atoms with van der Waals surface area (Å²) in [7, 11) is 0. The molecule has 2 nitrogen and oxygen atoms in total. The second kappa shape index (κ2) is 5.17. The molecule has 0 radical (unpaired) electrons. The van der Waals surface area contributed by atoms with Crippen molar-refractivity contribution < 1.29 is 7.45 Å². The van der Waals surface area contributed by atoms with Crippen molar-refractivity contribution in [3.63, 3.8) is 0 Å². The van der Waals surface area contributed by atoms with Gasteiger partial charge in [-0.25, -0.2) is 0 Å². The molecule has 0 spiro atoms. The van der Waals surface area contributed by atoms with Gasteiger partial charge < -0.3 is 0 Å². The number of hydrogen-bond acceptors (Lipinski definition) is 2. The Morgan fingerprint density at radius 1 is 1.30 bits per heavy atom. The molecule has 0 saturated carbocycles. The summed E-state index contributed by atoms with van der Waals surface area (Å²) in [5.41, 5.74) is 0. The predicted molar refractivity (Wildman–Crippen MR) is 42.0 cm³/mol. The van der Waals surface area contributed by atoms with Crippen LogP contribution in [0.2, 0.25) is 5.21 Å². The van der Waals surface area contributed by atoms with Crippen LogP contribution in [0, 0.1) is 0 Å². The van der Waals surface area contributed by atoms with Crippen LogP contribution in [0.5, 0.6) is 0 Å². The minimum absolute atomic E-state index is 0.948. The van der Waals surface area contributed by atoms with Crippen molar-refractivity contribution in [1.29, 1.82) is 0 Å². The van der Waals surface area contributed by atoms with Gasteiger partial charge in [-0.3, -0.25) is 0 Å². The van der Waals surface area contributed by atoms with Crippen LogP contribution in [0.3, 0.4) is 0 Å². The normalized spacial score (nSPS) is 21.3. The van der Waals surface area contributed by atoms with Gasteiger partial charge in [0, 0.05) is 0 Å². The molecule has 1 aliphatic heterocycles. The second-order valence-corrected chi connectivity index (χ2v) is 5.85. The summed E-state index contributed by atoms with van der Waals surface area (Å²) in [4.78, 5) is 0. The zero-order valence-corrected chi connectivity index (χ0v) is 8.38. The Morgan fingerprint density at radius 3 is 2.60 bits per heavy atom. The molecule has 10 heavy (non-hydrogen) atoms. The monoisotopic (exact) mass is 206 g/mol. The Kier molecular flexibility index (Phi) is 4.43. The molecule has 0 atom stereocenters. The molecule has 0 amide bonds. The van der Waals surface area contributed by atoms with Gasteiger partial charge in [-0.1, -0.05) is 0 Å². The molecule has 1 heterocycles. The van der Waals surface area contributed by atoms with E-state index in [9.17, 15) is 0 Å². The average Bonchev–Trinajstić information content (AvgIpc) is 2.03. The van der Waals surface area contributed by atoms with Gasteiger partial charge in [-0.2, -0.15) is 0 Å². The van der Waals surface area contributed by atoms with Crippen LogP contribution in [-0.4, -0.2) is 28.5 Å². The van der Waals surface area contributed by atoms with Gasteiger partial charge in [0.05, 0.1) is 0 Å². The number of unbranched alkanes of at least 4 members (excludes halogenated alkanes) is 1. The van der Waals surface area contributed by atoms with E-state index < -0.39 is 15.3 Å². The molecule has 0 aromatic rings. The van der Waals surface area contributed by atoms with Crippen molar-refractivity contribution in [2.75, 3.05) is 13.2 Å². The average molecular weight is 206 g/mol. The van der Waals surface area contributed by atoms with Crippen molar-refractivity contribution in [2.24, 2.45) is 0 Å². The van der Waals surface area contributed by atoms with Crippen molar-refractivity contribution in [2.45, 2.75) is 31.4 Å². The number of hydrogen-bond donors (Lipinski definition) is 0. The standard InChI is InChI=1S/C7H15AsO2/c1-2-3-5-8-9-6-4-7-10-8/h2-7H2,1H3. The zero-order chi connectivity index (χ0) is 7.23. The van der Waals surface area contributed by atoms with E-state index in [0.29, 0.717) is 0 Å². The van der Waals surface area contributed by atoms with Gasteiger partial charge >= 0.3 is 67.4 Å². The molecule has 0 aliphatic carbocycles. The molecule has 0 N–H and O–H groups in total. The summed E-state index contributed by atoms with van der Waals surface area (Å²) in [5.74, 6) is 0. The molecule has 1 saturated heterocycles. The molecule has 0 bridgehead atoms. The van der Waals surface area contributed by atoms with Gasteiger partial charge in [0.1, 0.15) is 0 Å². The van der Waals surface area contributed by atoms with Crippen molar-refractivity contribution in [3.8, 4) is 0 Å². The molecular weight excluding hydrogens is 191 g/mol. The van der Waals surface area contributed by atoms with Gasteiger partial charge in [-0.15, -0.1) is 0 Å². The van der Waals surface area contributed by atoms with E-state index >= 15 is 0 Å². The fourth-order valence-corrected chi connectivity index (χ4v) is 4.14. The van der Waals surface area contributed by atoms with E-state index in [2.05, 4.69) is 6.92 Å². The van der Waals surface area contributed by atoms with Crippen LogP contribution in [0.15, 0.2) is 0 Å². The first kappa shape index (κ1) is 8.57. The Morgan fingerprint density at radius 2 is 2.00 bits per heavy atom. The molecule has 0 unspecified atom stereocenters. The van der Waals surface area contributed by atoms with Crippen LogP contribution < -0.4 is 0 Å². The van der Waals surface area contributed by atoms with E-state index in [-0.39, 0.29) is 0 Å². The Labute approximate surface area is 67.9 Å². The molecule has 0 aromatic heterocycles. The van der Waals surface area contributed by atoms with Crippen LogP contribution in [0.4, 0.5) is 0 Å². The summed E-state index contributed by atoms with van der Waals surface area (Å²) in [5, 5.41) is 1.21. The summed E-state index contributed by atoms with van der Waals surface area (Å²) in [6.45, 7) is 4.10. The van der Waals surface area contributed by atoms with Gasteiger partial charge in [0.2, 0.25) is 0 Å². The molecule has 1 rings (SSSR count). The molecular formula is C7H15AsO2. The third kappa shape index (κ3) is 3.05. The quantitative estimate of drug-likeness (QED) is 0.654. The number of rotatable bonds is 3. The first-order valence-electron chi connectivity index (χ1n) is 3.97. The Hall–Kier alpha value is 0.478. The summed E-state index contributed by atoms with van der Waals surface area (Å²) in [6, 6.07) is 0. The second-order valence-electron chi connectivity index (χ2n) is 2.43. The van der Waals surface area contributed by atoms with Crippen LogP contribution >= 0.6 is 0 Å². The zero-order valence-electron chi connectivity index (χ0n) is 6.51. The van der Waals surface area contributed by atoms with E-state index in [1.54, 1.807) is 0 Å². The third-order valence-electron chi connectivity index (χ3n) is 1.45. The van der Waals surface area contributed by atoms with Gasteiger partial charge in [0.25, 0.3) is 0 Å². The summed E-state index contributed by atoms with van der Waals surface area (Å²) >= 11 is -1.21. The van der Waals surface area contributed by atoms with E-state index in [0.717, 1.165) is 19.6 Å². The third-order valence-corrected chi connectivity index (χ3v) is 4.86. The van der Waals surface area contributed by atoms with Crippen molar-refractivity contribution in [3.05, 3.63) is 0 Å². The first-order valence-corrected chi connectivity index (χ1v) is 6.82. The molecule has 60 valence electrons.